The molecule has 4 rings (SSSR count). The fraction of sp³-hybridized carbons (Fsp3) is 0.591. The normalized spacial score (nSPS) is 23.1. The predicted molar refractivity (Wildman–Crippen MR) is 109 cm³/mol. The molecule has 2 saturated heterocycles. The summed E-state index contributed by atoms with van der Waals surface area (Å²) in [5.41, 5.74) is 0.757. The van der Waals surface area contributed by atoms with Gasteiger partial charge in [0, 0.05) is 49.8 Å². The number of methoxy groups -OCH3 is 1. The van der Waals surface area contributed by atoms with Gasteiger partial charge in [-0.05, 0) is 37.8 Å². The highest BCUT2D eigenvalue weighted by atomic mass is 16.5. The van der Waals surface area contributed by atoms with E-state index in [1.807, 2.05) is 29.2 Å². The van der Waals surface area contributed by atoms with E-state index in [0.717, 1.165) is 37.8 Å². The molecule has 7 nitrogen and oxygen atoms in total. The summed E-state index contributed by atoms with van der Waals surface area (Å²) in [7, 11) is 1.59. The van der Waals surface area contributed by atoms with Gasteiger partial charge in [0.1, 0.15) is 5.75 Å². The first-order valence-corrected chi connectivity index (χ1v) is 10.6. The predicted octanol–water partition coefficient (Wildman–Crippen LogP) is 1.96. The maximum atomic E-state index is 12.7. The first-order valence-electron chi connectivity index (χ1n) is 10.6. The highest BCUT2D eigenvalue weighted by Crippen LogP contribution is 2.30. The molecule has 1 aromatic rings. The smallest absolute Gasteiger partial charge is 0.227 e. The number of nitrogens with zero attached hydrogens (tertiary/aromatic N) is 2. The molecule has 1 saturated carbocycles. The molecule has 0 radical (unpaired) electrons. The first kappa shape index (κ1) is 19.7. The van der Waals surface area contributed by atoms with Crippen LogP contribution >= 0.6 is 0 Å². The number of ether oxygens (including phenoxy) is 1. The molecule has 1 N–H and O–H groups in total. The molecule has 3 fully saturated rings. The van der Waals surface area contributed by atoms with Crippen LogP contribution in [0.25, 0.3) is 0 Å². The van der Waals surface area contributed by atoms with Gasteiger partial charge in [-0.15, -0.1) is 0 Å². The van der Waals surface area contributed by atoms with Crippen LogP contribution < -0.4 is 15.0 Å². The molecular formula is C22H29N3O4. The van der Waals surface area contributed by atoms with Crippen LogP contribution in [0.15, 0.2) is 24.3 Å². The summed E-state index contributed by atoms with van der Waals surface area (Å²) >= 11 is 0. The van der Waals surface area contributed by atoms with E-state index in [0.29, 0.717) is 25.4 Å². The number of carbonyl (C=O) groups excluding carboxylic acids is 3. The fourth-order valence-corrected chi connectivity index (χ4v) is 4.39. The Hall–Kier alpha value is -2.57. The van der Waals surface area contributed by atoms with Gasteiger partial charge in [0.25, 0.3) is 0 Å². The number of anilines is 1. The summed E-state index contributed by atoms with van der Waals surface area (Å²) in [6.45, 7) is 1.80. The Labute approximate surface area is 171 Å². The molecule has 0 bridgehead atoms. The number of hydrogen-bond acceptors (Lipinski definition) is 4. The fourth-order valence-electron chi connectivity index (χ4n) is 4.39. The van der Waals surface area contributed by atoms with Gasteiger partial charge in [-0.3, -0.25) is 14.4 Å². The number of nitrogens with one attached hydrogen (secondary N) is 1. The lowest BCUT2D eigenvalue weighted by Crippen LogP contribution is -2.49. The second-order valence-electron chi connectivity index (χ2n) is 8.34. The average molecular weight is 399 g/mol. The molecule has 2 aliphatic heterocycles. The van der Waals surface area contributed by atoms with E-state index in [2.05, 4.69) is 5.32 Å². The number of benzene rings is 1. The van der Waals surface area contributed by atoms with Gasteiger partial charge in [-0.25, -0.2) is 0 Å². The maximum absolute atomic E-state index is 12.7. The molecule has 1 atom stereocenters. The average Bonchev–Trinajstić information content (AvgIpc) is 3.09. The summed E-state index contributed by atoms with van der Waals surface area (Å²) in [6, 6.07) is 7.42. The molecule has 29 heavy (non-hydrogen) atoms. The van der Waals surface area contributed by atoms with Crippen molar-refractivity contribution in [1.29, 1.82) is 0 Å². The Bertz CT molecular complexity index is 784. The van der Waals surface area contributed by atoms with Crippen molar-refractivity contribution in [2.75, 3.05) is 31.6 Å². The third-order valence-electron chi connectivity index (χ3n) is 6.47. The zero-order valence-electron chi connectivity index (χ0n) is 16.9. The van der Waals surface area contributed by atoms with Crippen LogP contribution in [0.1, 0.15) is 38.5 Å². The van der Waals surface area contributed by atoms with E-state index in [1.165, 1.54) is 0 Å². The summed E-state index contributed by atoms with van der Waals surface area (Å²) in [5, 5.41) is 3.11. The monoisotopic (exact) mass is 399 g/mol. The minimum atomic E-state index is -0.344. The van der Waals surface area contributed by atoms with Crippen molar-refractivity contribution >= 4 is 23.4 Å². The summed E-state index contributed by atoms with van der Waals surface area (Å²) in [4.78, 5) is 41.2. The molecule has 3 amide bonds. The summed E-state index contributed by atoms with van der Waals surface area (Å²) in [6.07, 6.45) is 5.00. The molecule has 0 aromatic heterocycles. The topological polar surface area (TPSA) is 79.0 Å². The number of hydrogen-bond donors (Lipinski definition) is 1. The second-order valence-corrected chi connectivity index (χ2v) is 8.34. The van der Waals surface area contributed by atoms with Gasteiger partial charge in [0.15, 0.2) is 0 Å². The van der Waals surface area contributed by atoms with Crippen molar-refractivity contribution in [1.82, 2.24) is 10.2 Å². The van der Waals surface area contributed by atoms with Crippen molar-refractivity contribution in [3.63, 3.8) is 0 Å². The molecule has 1 aliphatic carbocycles. The van der Waals surface area contributed by atoms with Crippen LogP contribution in [0.3, 0.4) is 0 Å². The van der Waals surface area contributed by atoms with Crippen molar-refractivity contribution in [2.24, 2.45) is 11.8 Å². The Kier molecular flexibility index (Phi) is 5.74. The van der Waals surface area contributed by atoms with Crippen molar-refractivity contribution in [3.05, 3.63) is 24.3 Å². The van der Waals surface area contributed by atoms with E-state index < -0.39 is 0 Å². The quantitative estimate of drug-likeness (QED) is 0.821. The van der Waals surface area contributed by atoms with Crippen molar-refractivity contribution < 1.29 is 19.1 Å². The van der Waals surface area contributed by atoms with Gasteiger partial charge in [-0.1, -0.05) is 12.5 Å². The van der Waals surface area contributed by atoms with E-state index in [9.17, 15) is 14.4 Å². The van der Waals surface area contributed by atoms with Crippen LogP contribution in [0.2, 0.25) is 0 Å². The number of likely N-dealkylation sites (tertiary alicyclic amines) is 1. The molecule has 0 unspecified atom stereocenters. The zero-order valence-corrected chi connectivity index (χ0v) is 16.9. The lowest BCUT2D eigenvalue weighted by atomic mass is 9.84. The van der Waals surface area contributed by atoms with Gasteiger partial charge in [0.2, 0.25) is 17.7 Å². The van der Waals surface area contributed by atoms with Crippen molar-refractivity contribution in [2.45, 2.75) is 44.6 Å². The number of carbonyl (C=O) groups is 3. The third kappa shape index (κ3) is 4.23. The summed E-state index contributed by atoms with van der Waals surface area (Å²) < 4.78 is 5.23. The van der Waals surface area contributed by atoms with Crippen LogP contribution in [-0.2, 0) is 14.4 Å². The largest absolute Gasteiger partial charge is 0.497 e. The molecule has 7 heteroatoms. The second kappa shape index (κ2) is 8.43. The van der Waals surface area contributed by atoms with Gasteiger partial charge in [-0.2, -0.15) is 0 Å². The number of piperidine rings is 1. The van der Waals surface area contributed by atoms with Gasteiger partial charge >= 0.3 is 0 Å². The highest BCUT2D eigenvalue weighted by molar-refractivity contribution is 6.00. The van der Waals surface area contributed by atoms with Crippen LogP contribution in [0, 0.1) is 11.8 Å². The van der Waals surface area contributed by atoms with Gasteiger partial charge in [0.05, 0.1) is 13.0 Å². The highest BCUT2D eigenvalue weighted by Gasteiger charge is 2.37. The molecule has 3 aliphatic rings. The van der Waals surface area contributed by atoms with Gasteiger partial charge < -0.3 is 19.9 Å². The van der Waals surface area contributed by atoms with E-state index in [-0.39, 0.29) is 42.0 Å². The van der Waals surface area contributed by atoms with E-state index in [4.69, 9.17) is 4.74 Å². The number of amides is 3. The minimum absolute atomic E-state index is 0.0423. The lowest BCUT2D eigenvalue weighted by molar-refractivity contribution is -0.139. The standard InChI is InChI=1S/C22H29N3O4/c1-29-19-7-3-6-18(13-19)25-14-16(12-20(25)26)21(27)23-17-8-10-24(11-9-17)22(28)15-4-2-5-15/h3,6-7,13,15-17H,2,4-5,8-12,14H2,1H3,(H,23,27)/t16-/m0/s1. The minimum Gasteiger partial charge on any atom is -0.497 e. The molecule has 156 valence electrons. The Morgan fingerprint density at radius 3 is 2.52 bits per heavy atom. The molecule has 2 heterocycles. The SMILES string of the molecule is COc1cccc(N2C[C@@H](C(=O)NC3CCN(C(=O)C4CCC4)CC3)CC2=O)c1. The third-order valence-corrected chi connectivity index (χ3v) is 6.47. The Morgan fingerprint density at radius 2 is 1.86 bits per heavy atom. The number of rotatable bonds is 5. The Morgan fingerprint density at radius 1 is 1.10 bits per heavy atom. The van der Waals surface area contributed by atoms with E-state index in [1.54, 1.807) is 12.0 Å². The first-order chi connectivity index (χ1) is 14.0. The van der Waals surface area contributed by atoms with Crippen LogP contribution in [0.4, 0.5) is 5.69 Å². The Balaban J connectivity index is 1.28. The summed E-state index contributed by atoms with van der Waals surface area (Å²) in [5.74, 6) is 0.756. The van der Waals surface area contributed by atoms with Crippen LogP contribution in [-0.4, -0.2) is 55.4 Å². The molecule has 1 aromatic carbocycles. The van der Waals surface area contributed by atoms with Crippen molar-refractivity contribution in [3.8, 4) is 5.75 Å². The van der Waals surface area contributed by atoms with E-state index >= 15 is 0 Å². The lowest BCUT2D eigenvalue weighted by Gasteiger charge is -2.37. The van der Waals surface area contributed by atoms with Crippen LogP contribution in [0.5, 0.6) is 5.75 Å². The zero-order chi connectivity index (χ0) is 20.4. The molecular weight excluding hydrogens is 370 g/mol. The molecule has 0 spiro atoms. The maximum Gasteiger partial charge on any atom is 0.227 e.